The van der Waals surface area contributed by atoms with Crippen LogP contribution in [-0.2, 0) is 23.3 Å². The lowest BCUT2D eigenvalue weighted by molar-refractivity contribution is -0.134. The third-order valence-electron chi connectivity index (χ3n) is 7.30. The highest BCUT2D eigenvalue weighted by Crippen LogP contribution is 2.40. The van der Waals surface area contributed by atoms with Gasteiger partial charge in [0.2, 0.25) is 6.79 Å². The monoisotopic (exact) mass is 448 g/mol. The molecule has 0 unspecified atom stereocenters. The Bertz CT molecular complexity index is 1100. The summed E-state index contributed by atoms with van der Waals surface area (Å²) >= 11 is 0. The number of hydrogen-bond acceptors (Lipinski definition) is 6. The van der Waals surface area contributed by atoms with Gasteiger partial charge in [0.25, 0.3) is 5.91 Å². The average Bonchev–Trinajstić information content (AvgIpc) is 3.39. The highest BCUT2D eigenvalue weighted by molar-refractivity contribution is 6.07. The van der Waals surface area contributed by atoms with Crippen molar-refractivity contribution in [3.63, 3.8) is 0 Å². The molecule has 3 aliphatic heterocycles. The van der Waals surface area contributed by atoms with Crippen molar-refractivity contribution in [3.05, 3.63) is 59.2 Å². The number of carbonyl (C=O) groups is 2. The zero-order valence-electron chi connectivity index (χ0n) is 18.6. The van der Waals surface area contributed by atoms with Gasteiger partial charge in [-0.1, -0.05) is 30.3 Å². The molecule has 0 saturated carbocycles. The largest absolute Gasteiger partial charge is 0.454 e. The standard InChI is InChI=1S/C25H28N4O4/c30-23-25(9-3-5-19-4-1-2-6-20(19)25)26-24(31)29(23)16-28-12-10-27(11-13-28)15-18-7-8-21-22(14-18)33-17-32-21/h1-2,4,6-8,14H,3,5,9-13,15-17H2,(H,26,31)/t25-/m0/s1. The molecule has 2 saturated heterocycles. The van der Waals surface area contributed by atoms with Crippen molar-refractivity contribution in [1.29, 1.82) is 0 Å². The van der Waals surface area contributed by atoms with Gasteiger partial charge in [-0.25, -0.2) is 9.69 Å². The number of ether oxygens (including phenoxy) is 2. The van der Waals surface area contributed by atoms with Crippen molar-refractivity contribution in [2.75, 3.05) is 39.6 Å². The van der Waals surface area contributed by atoms with Crippen LogP contribution >= 0.6 is 0 Å². The normalized spacial score (nSPS) is 24.9. The molecule has 8 nitrogen and oxygen atoms in total. The van der Waals surface area contributed by atoms with E-state index >= 15 is 0 Å². The number of nitrogens with one attached hydrogen (secondary N) is 1. The van der Waals surface area contributed by atoms with E-state index in [2.05, 4.69) is 27.2 Å². The number of amides is 3. The summed E-state index contributed by atoms with van der Waals surface area (Å²) in [7, 11) is 0. The van der Waals surface area contributed by atoms with Crippen LogP contribution in [0, 0.1) is 0 Å². The first-order chi connectivity index (χ1) is 16.1. The van der Waals surface area contributed by atoms with E-state index in [4.69, 9.17) is 9.47 Å². The number of rotatable bonds is 4. The zero-order chi connectivity index (χ0) is 22.4. The Balaban J connectivity index is 1.09. The summed E-state index contributed by atoms with van der Waals surface area (Å²) < 4.78 is 10.9. The van der Waals surface area contributed by atoms with E-state index in [9.17, 15) is 9.59 Å². The van der Waals surface area contributed by atoms with Crippen molar-refractivity contribution in [2.45, 2.75) is 31.3 Å². The summed E-state index contributed by atoms with van der Waals surface area (Å²) in [4.78, 5) is 32.4. The second kappa shape index (κ2) is 8.04. The number of fused-ring (bicyclic) bond motifs is 3. The van der Waals surface area contributed by atoms with Gasteiger partial charge in [0.1, 0.15) is 5.54 Å². The number of hydrogen-bond donors (Lipinski definition) is 1. The lowest BCUT2D eigenvalue weighted by Crippen LogP contribution is -2.51. The van der Waals surface area contributed by atoms with Crippen molar-refractivity contribution in [1.82, 2.24) is 20.0 Å². The Kier molecular flexibility index (Phi) is 4.99. The number of urea groups is 1. The fraction of sp³-hybridized carbons (Fsp3) is 0.440. The van der Waals surface area contributed by atoms with Gasteiger partial charge < -0.3 is 14.8 Å². The molecule has 2 aromatic carbocycles. The number of piperazine rings is 1. The van der Waals surface area contributed by atoms with E-state index in [-0.39, 0.29) is 18.7 Å². The van der Waals surface area contributed by atoms with Gasteiger partial charge in [-0.05, 0) is 48.1 Å². The minimum Gasteiger partial charge on any atom is -0.454 e. The van der Waals surface area contributed by atoms with Crippen LogP contribution in [0.1, 0.15) is 29.5 Å². The van der Waals surface area contributed by atoms with Crippen LogP contribution < -0.4 is 14.8 Å². The first-order valence-electron chi connectivity index (χ1n) is 11.7. The second-order valence-corrected chi connectivity index (χ2v) is 9.30. The molecule has 8 heteroatoms. The van der Waals surface area contributed by atoms with Crippen LogP contribution in [0.25, 0.3) is 0 Å². The Labute approximate surface area is 193 Å². The summed E-state index contributed by atoms with van der Waals surface area (Å²) in [6, 6.07) is 13.8. The molecule has 1 aliphatic carbocycles. The van der Waals surface area contributed by atoms with E-state index in [1.807, 2.05) is 30.3 Å². The topological polar surface area (TPSA) is 74.4 Å². The maximum absolute atomic E-state index is 13.5. The molecule has 172 valence electrons. The van der Waals surface area contributed by atoms with Gasteiger partial charge >= 0.3 is 6.03 Å². The van der Waals surface area contributed by atoms with Gasteiger partial charge in [0, 0.05) is 32.7 Å². The van der Waals surface area contributed by atoms with Crippen LogP contribution in [0.15, 0.2) is 42.5 Å². The Morgan fingerprint density at radius 1 is 0.939 bits per heavy atom. The maximum Gasteiger partial charge on any atom is 0.326 e. The van der Waals surface area contributed by atoms with Gasteiger partial charge in [0.15, 0.2) is 11.5 Å². The van der Waals surface area contributed by atoms with Crippen LogP contribution in [-0.4, -0.2) is 66.3 Å². The zero-order valence-corrected chi connectivity index (χ0v) is 18.6. The molecule has 2 fully saturated rings. The molecular weight excluding hydrogens is 420 g/mol. The number of nitrogens with zero attached hydrogens (tertiary/aromatic N) is 3. The Morgan fingerprint density at radius 3 is 2.61 bits per heavy atom. The minimum atomic E-state index is -0.896. The second-order valence-electron chi connectivity index (χ2n) is 9.30. The predicted octanol–water partition coefficient (Wildman–Crippen LogP) is 2.27. The molecule has 4 aliphatic rings. The molecule has 0 aromatic heterocycles. The number of benzene rings is 2. The molecular formula is C25H28N4O4. The van der Waals surface area contributed by atoms with Gasteiger partial charge in [-0.2, -0.15) is 0 Å². The molecule has 1 N–H and O–H groups in total. The molecule has 6 rings (SSSR count). The van der Waals surface area contributed by atoms with Gasteiger partial charge in [-0.3, -0.25) is 14.6 Å². The third kappa shape index (κ3) is 3.54. The van der Waals surface area contributed by atoms with Crippen LogP contribution in [0.4, 0.5) is 4.79 Å². The van der Waals surface area contributed by atoms with Crippen molar-refractivity contribution >= 4 is 11.9 Å². The smallest absolute Gasteiger partial charge is 0.326 e. The lowest BCUT2D eigenvalue weighted by atomic mass is 9.76. The Morgan fingerprint density at radius 2 is 1.73 bits per heavy atom. The van der Waals surface area contributed by atoms with E-state index < -0.39 is 5.54 Å². The molecule has 3 amide bonds. The fourth-order valence-corrected chi connectivity index (χ4v) is 5.53. The quantitative estimate of drug-likeness (QED) is 0.724. The summed E-state index contributed by atoms with van der Waals surface area (Å²) in [5, 5.41) is 3.06. The molecule has 0 radical (unpaired) electrons. The maximum atomic E-state index is 13.5. The van der Waals surface area contributed by atoms with Crippen LogP contribution in [0.3, 0.4) is 0 Å². The van der Waals surface area contributed by atoms with Gasteiger partial charge in [0.05, 0.1) is 6.67 Å². The van der Waals surface area contributed by atoms with E-state index in [1.54, 1.807) is 0 Å². The summed E-state index contributed by atoms with van der Waals surface area (Å²) in [5.74, 6) is 1.50. The van der Waals surface area contributed by atoms with Crippen LogP contribution in [0.2, 0.25) is 0 Å². The number of imide groups is 1. The SMILES string of the molecule is O=C1N[C@]2(CCCc3ccccc32)C(=O)N1CN1CCN(Cc2ccc3c(c2)OCO3)CC1. The fourth-order valence-electron chi connectivity index (χ4n) is 5.53. The molecule has 1 spiro atoms. The molecule has 0 bridgehead atoms. The van der Waals surface area contributed by atoms with Crippen molar-refractivity contribution in [2.24, 2.45) is 0 Å². The highest BCUT2D eigenvalue weighted by atomic mass is 16.7. The summed E-state index contributed by atoms with van der Waals surface area (Å²) in [6.45, 7) is 4.85. The first-order valence-corrected chi connectivity index (χ1v) is 11.7. The van der Waals surface area contributed by atoms with Crippen molar-refractivity contribution in [3.8, 4) is 11.5 Å². The molecule has 33 heavy (non-hydrogen) atoms. The van der Waals surface area contributed by atoms with Crippen molar-refractivity contribution < 1.29 is 19.1 Å². The predicted molar refractivity (Wildman–Crippen MR) is 121 cm³/mol. The highest BCUT2D eigenvalue weighted by Gasteiger charge is 2.54. The third-order valence-corrected chi connectivity index (χ3v) is 7.30. The number of carbonyl (C=O) groups excluding carboxylic acids is 2. The lowest BCUT2D eigenvalue weighted by Gasteiger charge is -2.36. The number of aryl methyl sites for hydroxylation is 1. The van der Waals surface area contributed by atoms with E-state index in [0.717, 1.165) is 68.2 Å². The average molecular weight is 449 g/mol. The van der Waals surface area contributed by atoms with E-state index in [1.165, 1.54) is 10.5 Å². The molecule has 3 heterocycles. The summed E-state index contributed by atoms with van der Waals surface area (Å²) in [6.07, 6.45) is 2.51. The van der Waals surface area contributed by atoms with E-state index in [0.29, 0.717) is 13.1 Å². The Hall–Kier alpha value is -3.10. The summed E-state index contributed by atoms with van der Waals surface area (Å²) in [5.41, 5.74) is 2.43. The van der Waals surface area contributed by atoms with Crippen LogP contribution in [0.5, 0.6) is 11.5 Å². The molecule has 1 atom stereocenters. The van der Waals surface area contributed by atoms with Gasteiger partial charge in [-0.15, -0.1) is 0 Å². The molecule has 2 aromatic rings. The minimum absolute atomic E-state index is 0.109. The first kappa shape index (κ1) is 20.5.